The zero-order chi connectivity index (χ0) is 22.2. The third kappa shape index (κ3) is 7.40. The van der Waals surface area contributed by atoms with Crippen LogP contribution in [-0.4, -0.2) is 68.3 Å². The van der Waals surface area contributed by atoms with Gasteiger partial charge in [-0.1, -0.05) is 48.5 Å². The summed E-state index contributed by atoms with van der Waals surface area (Å²) >= 11 is 0. The minimum absolute atomic E-state index is 0. The molecule has 2 aliphatic heterocycles. The molecule has 0 spiro atoms. The van der Waals surface area contributed by atoms with E-state index in [1.54, 1.807) is 0 Å². The Morgan fingerprint density at radius 1 is 1.03 bits per heavy atom. The predicted molar refractivity (Wildman–Crippen MR) is 144 cm³/mol. The lowest BCUT2D eigenvalue weighted by atomic mass is 10.0. The molecule has 0 radical (unpaired) electrons. The van der Waals surface area contributed by atoms with Crippen LogP contribution in [-0.2, 0) is 22.6 Å². The molecule has 0 amide bonds. The van der Waals surface area contributed by atoms with Crippen LogP contribution in [0.3, 0.4) is 0 Å². The molecular formula is C26H37IN4O2. The summed E-state index contributed by atoms with van der Waals surface area (Å²) in [7, 11) is 0. The van der Waals surface area contributed by atoms with Gasteiger partial charge in [0, 0.05) is 32.7 Å². The molecule has 2 aromatic carbocycles. The summed E-state index contributed by atoms with van der Waals surface area (Å²) in [4.78, 5) is 9.78. The van der Waals surface area contributed by atoms with Crippen molar-refractivity contribution in [2.45, 2.75) is 33.0 Å². The number of guanidine groups is 1. The van der Waals surface area contributed by atoms with E-state index in [9.17, 15) is 0 Å². The quantitative estimate of drug-likeness (QED) is 0.327. The first-order valence-electron chi connectivity index (χ1n) is 11.8. The van der Waals surface area contributed by atoms with E-state index in [2.05, 4.69) is 77.5 Å². The van der Waals surface area contributed by atoms with Gasteiger partial charge >= 0.3 is 0 Å². The molecule has 2 fully saturated rings. The largest absolute Gasteiger partial charge is 0.379 e. The number of nitrogens with zero attached hydrogens (tertiary/aromatic N) is 3. The van der Waals surface area contributed by atoms with Gasteiger partial charge in [-0.05, 0) is 36.1 Å². The Morgan fingerprint density at radius 2 is 1.82 bits per heavy atom. The number of morpholine rings is 2. The molecule has 6 nitrogen and oxygen atoms in total. The van der Waals surface area contributed by atoms with E-state index in [1.807, 2.05) is 0 Å². The number of aryl methyl sites for hydroxylation is 1. The highest BCUT2D eigenvalue weighted by atomic mass is 127. The fraction of sp³-hybridized carbons (Fsp3) is 0.500. The Bertz CT molecular complexity index is 901. The molecule has 0 aliphatic carbocycles. The first-order valence-corrected chi connectivity index (χ1v) is 11.8. The fourth-order valence-corrected chi connectivity index (χ4v) is 4.41. The van der Waals surface area contributed by atoms with Crippen LogP contribution in [0.2, 0.25) is 0 Å². The number of hydrogen-bond donors (Lipinski definition) is 1. The molecule has 2 aliphatic rings. The van der Waals surface area contributed by atoms with Crippen LogP contribution in [0.1, 0.15) is 35.3 Å². The van der Waals surface area contributed by atoms with Crippen molar-refractivity contribution >= 4 is 29.9 Å². The minimum Gasteiger partial charge on any atom is -0.379 e. The second kappa shape index (κ2) is 13.3. The van der Waals surface area contributed by atoms with Crippen LogP contribution in [0.5, 0.6) is 0 Å². The maximum absolute atomic E-state index is 6.12. The summed E-state index contributed by atoms with van der Waals surface area (Å²) in [6.07, 6.45) is 0.0747. The average Bonchev–Trinajstić information content (AvgIpc) is 2.83. The number of ether oxygens (including phenoxy) is 2. The molecule has 1 unspecified atom stereocenters. The van der Waals surface area contributed by atoms with Crippen molar-refractivity contribution in [3.8, 4) is 0 Å². The zero-order valence-electron chi connectivity index (χ0n) is 19.8. The van der Waals surface area contributed by atoms with Crippen molar-refractivity contribution < 1.29 is 9.47 Å². The first kappa shape index (κ1) is 25.9. The molecule has 1 atom stereocenters. The summed E-state index contributed by atoms with van der Waals surface area (Å²) in [5, 5.41) is 3.49. The summed E-state index contributed by atoms with van der Waals surface area (Å²) in [5.41, 5.74) is 5.13. The third-order valence-corrected chi connectivity index (χ3v) is 6.15. The Hall–Kier alpha value is -1.68. The Kier molecular flexibility index (Phi) is 10.4. The molecule has 2 saturated heterocycles. The Morgan fingerprint density at radius 3 is 2.61 bits per heavy atom. The maximum Gasteiger partial charge on any atom is 0.194 e. The van der Waals surface area contributed by atoms with Crippen molar-refractivity contribution in [1.82, 2.24) is 15.1 Å². The Labute approximate surface area is 215 Å². The highest BCUT2D eigenvalue weighted by molar-refractivity contribution is 14.0. The highest BCUT2D eigenvalue weighted by Crippen LogP contribution is 2.25. The van der Waals surface area contributed by atoms with E-state index in [4.69, 9.17) is 14.5 Å². The zero-order valence-corrected chi connectivity index (χ0v) is 22.2. The van der Waals surface area contributed by atoms with E-state index in [1.165, 1.54) is 22.3 Å². The van der Waals surface area contributed by atoms with Crippen molar-refractivity contribution in [2.75, 3.05) is 52.5 Å². The van der Waals surface area contributed by atoms with Gasteiger partial charge in [0.05, 0.1) is 32.9 Å². The highest BCUT2D eigenvalue weighted by Gasteiger charge is 2.25. The summed E-state index contributed by atoms with van der Waals surface area (Å²) in [6, 6.07) is 17.3. The van der Waals surface area contributed by atoms with Crippen LogP contribution in [0, 0.1) is 6.92 Å². The standard InChI is InChI=1S/C26H36N4O2.HI/c1-3-27-26(30-13-16-32-25(20-30)24-10-5-4-7-21(24)2)28-18-22-8-6-9-23(17-22)19-29-11-14-31-15-12-29;/h4-10,17,25H,3,11-16,18-20H2,1-2H3,(H,27,28);1H. The van der Waals surface area contributed by atoms with Gasteiger partial charge in [-0.2, -0.15) is 0 Å². The molecule has 2 aromatic rings. The predicted octanol–water partition coefficient (Wildman–Crippen LogP) is 3.98. The van der Waals surface area contributed by atoms with E-state index >= 15 is 0 Å². The topological polar surface area (TPSA) is 49.3 Å². The number of nitrogens with one attached hydrogen (secondary N) is 1. The number of aliphatic imine (C=N–C) groups is 1. The van der Waals surface area contributed by atoms with Crippen molar-refractivity contribution in [2.24, 2.45) is 4.99 Å². The number of halogens is 1. The maximum atomic E-state index is 6.12. The van der Waals surface area contributed by atoms with Crippen LogP contribution in [0.25, 0.3) is 0 Å². The summed E-state index contributed by atoms with van der Waals surface area (Å²) in [5.74, 6) is 0.966. The second-order valence-electron chi connectivity index (χ2n) is 8.54. The smallest absolute Gasteiger partial charge is 0.194 e. The van der Waals surface area contributed by atoms with Gasteiger partial charge in [0.2, 0.25) is 0 Å². The molecule has 180 valence electrons. The molecular weight excluding hydrogens is 527 g/mol. The van der Waals surface area contributed by atoms with E-state index < -0.39 is 0 Å². The number of rotatable bonds is 6. The van der Waals surface area contributed by atoms with Gasteiger partial charge in [-0.25, -0.2) is 4.99 Å². The van der Waals surface area contributed by atoms with Gasteiger partial charge < -0.3 is 19.7 Å². The lowest BCUT2D eigenvalue weighted by Crippen LogP contribution is -2.48. The van der Waals surface area contributed by atoms with Crippen molar-refractivity contribution in [3.05, 3.63) is 70.8 Å². The van der Waals surface area contributed by atoms with Gasteiger partial charge in [-0.15, -0.1) is 24.0 Å². The molecule has 4 rings (SSSR count). The molecule has 7 heteroatoms. The summed E-state index contributed by atoms with van der Waals surface area (Å²) < 4.78 is 11.6. The molecule has 33 heavy (non-hydrogen) atoms. The average molecular weight is 565 g/mol. The molecule has 0 bridgehead atoms. The van der Waals surface area contributed by atoms with Crippen LogP contribution in [0.4, 0.5) is 0 Å². The van der Waals surface area contributed by atoms with Crippen LogP contribution >= 0.6 is 24.0 Å². The first-order chi connectivity index (χ1) is 15.7. The molecule has 0 aromatic heterocycles. The molecule has 1 N–H and O–H groups in total. The van der Waals surface area contributed by atoms with Gasteiger partial charge in [0.15, 0.2) is 5.96 Å². The molecule has 0 saturated carbocycles. The van der Waals surface area contributed by atoms with Gasteiger partial charge in [0.1, 0.15) is 6.10 Å². The second-order valence-corrected chi connectivity index (χ2v) is 8.54. The van der Waals surface area contributed by atoms with Crippen LogP contribution < -0.4 is 5.32 Å². The normalized spacial score (nSPS) is 19.8. The monoisotopic (exact) mass is 564 g/mol. The van der Waals surface area contributed by atoms with Gasteiger partial charge in [0.25, 0.3) is 0 Å². The fourth-order valence-electron chi connectivity index (χ4n) is 4.41. The Balaban J connectivity index is 0.00000306. The van der Waals surface area contributed by atoms with E-state index in [-0.39, 0.29) is 30.1 Å². The van der Waals surface area contributed by atoms with Crippen molar-refractivity contribution in [3.63, 3.8) is 0 Å². The third-order valence-electron chi connectivity index (χ3n) is 6.15. The van der Waals surface area contributed by atoms with Gasteiger partial charge in [-0.3, -0.25) is 4.90 Å². The van der Waals surface area contributed by atoms with Crippen molar-refractivity contribution in [1.29, 1.82) is 0 Å². The SMILES string of the molecule is CCNC(=NCc1cccc(CN2CCOCC2)c1)N1CCOC(c2ccccc2C)C1.I. The lowest BCUT2D eigenvalue weighted by Gasteiger charge is -2.35. The van der Waals surface area contributed by atoms with E-state index in [0.717, 1.165) is 58.4 Å². The molecule has 2 heterocycles. The minimum atomic E-state index is 0. The van der Waals surface area contributed by atoms with Crippen LogP contribution in [0.15, 0.2) is 53.5 Å². The summed E-state index contributed by atoms with van der Waals surface area (Å²) in [6.45, 7) is 12.8. The van der Waals surface area contributed by atoms with E-state index in [0.29, 0.717) is 13.2 Å². The number of hydrogen-bond acceptors (Lipinski definition) is 4. The lowest BCUT2D eigenvalue weighted by molar-refractivity contribution is -0.00834. The number of benzene rings is 2.